The average Bonchev–Trinajstić information content (AvgIpc) is 2.75. The first kappa shape index (κ1) is 13.1. The van der Waals surface area contributed by atoms with Crippen LogP contribution in [0.5, 0.6) is 0 Å². The lowest BCUT2D eigenvalue weighted by molar-refractivity contribution is -0.385. The fourth-order valence-electron chi connectivity index (χ4n) is 1.81. The van der Waals surface area contributed by atoms with Gasteiger partial charge in [0.25, 0.3) is 5.69 Å². The molecule has 0 amide bonds. The fourth-order valence-corrected chi connectivity index (χ4v) is 1.81. The minimum atomic E-state index is -0.439. The van der Waals surface area contributed by atoms with Crippen molar-refractivity contribution < 1.29 is 9.34 Å². The lowest BCUT2D eigenvalue weighted by Crippen LogP contribution is -2.08. The third kappa shape index (κ3) is 2.90. The topological polar surface area (TPSA) is 81.2 Å². The Morgan fingerprint density at radius 3 is 2.58 bits per heavy atom. The van der Waals surface area contributed by atoms with Gasteiger partial charge < -0.3 is 9.73 Å². The highest BCUT2D eigenvalue weighted by molar-refractivity contribution is 5.45. The molecule has 0 aliphatic heterocycles. The summed E-state index contributed by atoms with van der Waals surface area (Å²) in [5.41, 5.74) is 0.407. The van der Waals surface area contributed by atoms with Crippen LogP contribution in [0.15, 0.2) is 28.7 Å². The van der Waals surface area contributed by atoms with Crippen molar-refractivity contribution in [3.8, 4) is 0 Å². The van der Waals surface area contributed by atoms with Gasteiger partial charge in [-0.25, -0.2) is 4.98 Å². The molecule has 1 unspecified atom stereocenters. The first-order valence-electron chi connectivity index (χ1n) is 5.92. The summed E-state index contributed by atoms with van der Waals surface area (Å²) in [6.45, 7) is 5.44. The van der Waals surface area contributed by atoms with Crippen molar-refractivity contribution in [1.29, 1.82) is 0 Å². The van der Waals surface area contributed by atoms with Crippen molar-refractivity contribution in [2.45, 2.75) is 26.8 Å². The third-order valence-corrected chi connectivity index (χ3v) is 2.81. The minimum absolute atomic E-state index is 0.0204. The maximum Gasteiger partial charge on any atom is 0.290 e. The van der Waals surface area contributed by atoms with E-state index in [1.165, 1.54) is 6.07 Å². The summed E-state index contributed by atoms with van der Waals surface area (Å²) in [5, 5.41) is 13.9. The lowest BCUT2D eigenvalue weighted by Gasteiger charge is -2.12. The Bertz CT molecular complexity index is 607. The first-order chi connectivity index (χ1) is 8.97. The zero-order valence-electron chi connectivity index (χ0n) is 11.0. The monoisotopic (exact) mass is 261 g/mol. The van der Waals surface area contributed by atoms with Crippen LogP contribution in [0.2, 0.25) is 0 Å². The van der Waals surface area contributed by atoms with Crippen LogP contribution >= 0.6 is 0 Å². The van der Waals surface area contributed by atoms with Crippen molar-refractivity contribution in [1.82, 2.24) is 4.98 Å². The first-order valence-corrected chi connectivity index (χ1v) is 5.92. The largest absolute Gasteiger partial charge is 0.464 e. The van der Waals surface area contributed by atoms with Gasteiger partial charge >= 0.3 is 0 Å². The number of furan rings is 1. The summed E-state index contributed by atoms with van der Waals surface area (Å²) in [6.07, 6.45) is 0. The van der Waals surface area contributed by atoms with E-state index < -0.39 is 4.92 Å². The molecule has 0 aliphatic carbocycles. The van der Waals surface area contributed by atoms with E-state index in [-0.39, 0.29) is 11.7 Å². The summed E-state index contributed by atoms with van der Waals surface area (Å²) in [4.78, 5) is 14.4. The quantitative estimate of drug-likeness (QED) is 0.674. The number of nitrogens with zero attached hydrogens (tertiary/aromatic N) is 2. The normalized spacial score (nSPS) is 12.2. The number of hydrogen-bond acceptors (Lipinski definition) is 5. The SMILES string of the molecule is Cc1ccc(C(C)Nc2ccc([N+](=O)[O-])c(C)n2)o1. The Balaban J connectivity index is 2.15. The standard InChI is InChI=1S/C13H15N3O3/c1-8-4-6-12(19-8)10(3)15-13-7-5-11(16(17)18)9(2)14-13/h4-7,10H,1-3H3,(H,14,15). The number of hydrogen-bond donors (Lipinski definition) is 1. The molecule has 1 N–H and O–H groups in total. The predicted molar refractivity (Wildman–Crippen MR) is 71.1 cm³/mol. The summed E-state index contributed by atoms with van der Waals surface area (Å²) in [5.74, 6) is 2.23. The second kappa shape index (κ2) is 5.09. The predicted octanol–water partition coefficient (Wildman–Crippen LogP) is 3.37. The summed E-state index contributed by atoms with van der Waals surface area (Å²) in [7, 11) is 0. The van der Waals surface area contributed by atoms with Crippen molar-refractivity contribution >= 4 is 11.5 Å². The number of aryl methyl sites for hydroxylation is 2. The van der Waals surface area contributed by atoms with Crippen LogP contribution in [0, 0.1) is 24.0 Å². The van der Waals surface area contributed by atoms with E-state index in [2.05, 4.69) is 10.3 Å². The molecule has 2 rings (SSSR count). The maximum atomic E-state index is 10.7. The van der Waals surface area contributed by atoms with E-state index >= 15 is 0 Å². The molecule has 2 aromatic heterocycles. The molecular weight excluding hydrogens is 246 g/mol. The fraction of sp³-hybridized carbons (Fsp3) is 0.308. The number of aromatic nitrogens is 1. The zero-order chi connectivity index (χ0) is 14.0. The number of rotatable bonds is 4. The third-order valence-electron chi connectivity index (χ3n) is 2.81. The molecule has 0 saturated heterocycles. The second-order valence-corrected chi connectivity index (χ2v) is 4.37. The Hall–Kier alpha value is -2.37. The molecule has 0 aliphatic rings. The molecule has 2 aromatic rings. The maximum absolute atomic E-state index is 10.7. The van der Waals surface area contributed by atoms with E-state index in [0.29, 0.717) is 11.5 Å². The molecule has 0 bridgehead atoms. The van der Waals surface area contributed by atoms with Crippen molar-refractivity contribution in [2.24, 2.45) is 0 Å². The zero-order valence-corrected chi connectivity index (χ0v) is 11.0. The number of nitrogens with one attached hydrogen (secondary N) is 1. The summed E-state index contributed by atoms with van der Waals surface area (Å²) in [6, 6.07) is 6.78. The Morgan fingerprint density at radius 1 is 1.32 bits per heavy atom. The molecule has 0 aromatic carbocycles. The highest BCUT2D eigenvalue weighted by atomic mass is 16.6. The van der Waals surface area contributed by atoms with Crippen molar-refractivity contribution in [2.75, 3.05) is 5.32 Å². The van der Waals surface area contributed by atoms with Crippen LogP contribution in [0.25, 0.3) is 0 Å². The van der Waals surface area contributed by atoms with Crippen LogP contribution < -0.4 is 5.32 Å². The van der Waals surface area contributed by atoms with E-state index in [1.54, 1.807) is 13.0 Å². The average molecular weight is 261 g/mol. The van der Waals surface area contributed by atoms with Gasteiger partial charge in [0, 0.05) is 6.07 Å². The number of nitro groups is 1. The smallest absolute Gasteiger partial charge is 0.290 e. The van der Waals surface area contributed by atoms with Crippen LogP contribution in [0.4, 0.5) is 11.5 Å². The molecule has 6 heteroatoms. The van der Waals surface area contributed by atoms with Gasteiger partial charge in [-0.15, -0.1) is 0 Å². The molecule has 100 valence electrons. The minimum Gasteiger partial charge on any atom is -0.464 e. The van der Waals surface area contributed by atoms with Gasteiger partial charge in [-0.05, 0) is 39.0 Å². The van der Waals surface area contributed by atoms with Crippen LogP contribution in [-0.2, 0) is 0 Å². The highest BCUT2D eigenvalue weighted by Gasteiger charge is 2.14. The van der Waals surface area contributed by atoms with Gasteiger partial charge in [0.05, 0.1) is 11.0 Å². The van der Waals surface area contributed by atoms with Crippen LogP contribution in [-0.4, -0.2) is 9.91 Å². The van der Waals surface area contributed by atoms with E-state index in [9.17, 15) is 10.1 Å². The van der Waals surface area contributed by atoms with E-state index in [1.807, 2.05) is 26.0 Å². The molecular formula is C13H15N3O3. The Morgan fingerprint density at radius 2 is 2.05 bits per heavy atom. The molecule has 0 fully saturated rings. The number of pyridine rings is 1. The molecule has 1 atom stereocenters. The van der Waals surface area contributed by atoms with E-state index in [4.69, 9.17) is 4.42 Å². The van der Waals surface area contributed by atoms with Gasteiger partial charge in [-0.1, -0.05) is 0 Å². The van der Waals surface area contributed by atoms with Gasteiger partial charge in [-0.3, -0.25) is 10.1 Å². The van der Waals surface area contributed by atoms with Crippen LogP contribution in [0.3, 0.4) is 0 Å². The van der Waals surface area contributed by atoms with Crippen molar-refractivity contribution in [3.63, 3.8) is 0 Å². The summed E-state index contributed by atoms with van der Waals surface area (Å²) < 4.78 is 5.51. The van der Waals surface area contributed by atoms with Gasteiger partial charge in [0.2, 0.25) is 0 Å². The Labute approximate surface area is 110 Å². The number of anilines is 1. The van der Waals surface area contributed by atoms with Gasteiger partial charge in [0.1, 0.15) is 23.0 Å². The molecule has 6 nitrogen and oxygen atoms in total. The van der Waals surface area contributed by atoms with E-state index in [0.717, 1.165) is 11.5 Å². The molecule has 0 saturated carbocycles. The second-order valence-electron chi connectivity index (χ2n) is 4.37. The lowest BCUT2D eigenvalue weighted by atomic mass is 10.2. The van der Waals surface area contributed by atoms with Crippen LogP contribution in [0.1, 0.15) is 30.2 Å². The van der Waals surface area contributed by atoms with Gasteiger partial charge in [0.15, 0.2) is 0 Å². The Kier molecular flexibility index (Phi) is 3.50. The molecule has 0 radical (unpaired) electrons. The summed E-state index contributed by atoms with van der Waals surface area (Å²) >= 11 is 0. The molecule has 19 heavy (non-hydrogen) atoms. The highest BCUT2D eigenvalue weighted by Crippen LogP contribution is 2.23. The van der Waals surface area contributed by atoms with Gasteiger partial charge in [-0.2, -0.15) is 0 Å². The molecule has 2 heterocycles. The molecule has 0 spiro atoms. The van der Waals surface area contributed by atoms with Crippen molar-refractivity contribution in [3.05, 3.63) is 51.6 Å².